The van der Waals surface area contributed by atoms with Crippen molar-refractivity contribution in [1.82, 2.24) is 0 Å². The van der Waals surface area contributed by atoms with Crippen LogP contribution >= 0.6 is 11.6 Å². The molecule has 0 saturated heterocycles. The van der Waals surface area contributed by atoms with E-state index in [1.165, 1.54) is 44.9 Å². The maximum absolute atomic E-state index is 11.9. The second-order valence-electron chi connectivity index (χ2n) is 6.08. The van der Waals surface area contributed by atoms with Crippen LogP contribution in [0.25, 0.3) is 0 Å². The number of benzene rings is 1. The van der Waals surface area contributed by atoms with Crippen LogP contribution in [0.1, 0.15) is 75.1 Å². The number of unbranched alkanes of at least 4 members (excludes halogenated alkanes) is 7. The number of ether oxygens (including phenoxy) is 1. The average molecular weight is 340 g/mol. The summed E-state index contributed by atoms with van der Waals surface area (Å²) < 4.78 is 5.24. The number of alkyl halides is 1. The lowest BCUT2D eigenvalue weighted by Crippen LogP contribution is -2.14. The minimum atomic E-state index is -0.362. The molecule has 130 valence electrons. The highest BCUT2D eigenvalue weighted by Gasteiger charge is 2.11. The van der Waals surface area contributed by atoms with E-state index in [4.69, 9.17) is 22.1 Å². The molecule has 2 N–H and O–H groups in total. The molecule has 0 aliphatic rings. The summed E-state index contributed by atoms with van der Waals surface area (Å²) in [5.41, 5.74) is 6.68. The van der Waals surface area contributed by atoms with Crippen molar-refractivity contribution < 1.29 is 9.53 Å². The third kappa shape index (κ3) is 9.50. The Hall–Kier alpha value is -1.22. The van der Waals surface area contributed by atoms with E-state index in [2.05, 4.69) is 6.92 Å². The fraction of sp³-hybridized carbons (Fsp3) is 0.632. The molecule has 23 heavy (non-hydrogen) atoms. The van der Waals surface area contributed by atoms with Crippen LogP contribution in [0.3, 0.4) is 0 Å². The second kappa shape index (κ2) is 12.2. The van der Waals surface area contributed by atoms with Gasteiger partial charge in [0.05, 0.1) is 10.9 Å². The van der Waals surface area contributed by atoms with Gasteiger partial charge in [-0.1, -0.05) is 64.4 Å². The molecular formula is C19H30ClNO2. The zero-order valence-corrected chi connectivity index (χ0v) is 15.0. The van der Waals surface area contributed by atoms with Gasteiger partial charge in [0.2, 0.25) is 0 Å². The maximum atomic E-state index is 11.9. The largest absolute Gasteiger partial charge is 0.461 e. The number of carbonyl (C=O) groups is 1. The molecule has 0 spiro atoms. The summed E-state index contributed by atoms with van der Waals surface area (Å²) in [6, 6.07) is 6.79. The monoisotopic (exact) mass is 339 g/mol. The fourth-order valence-corrected chi connectivity index (χ4v) is 2.72. The number of nitrogen functional groups attached to an aromatic ring is 1. The molecule has 1 aromatic carbocycles. The molecule has 0 saturated carbocycles. The van der Waals surface area contributed by atoms with E-state index in [0.29, 0.717) is 11.3 Å². The van der Waals surface area contributed by atoms with Crippen LogP contribution in [0.15, 0.2) is 24.3 Å². The molecule has 4 heteroatoms. The van der Waals surface area contributed by atoms with Crippen molar-refractivity contribution >= 4 is 23.3 Å². The minimum absolute atomic E-state index is 0.111. The third-order valence-electron chi connectivity index (χ3n) is 3.89. The number of hydrogen-bond acceptors (Lipinski definition) is 3. The molecule has 1 atom stereocenters. The van der Waals surface area contributed by atoms with Crippen molar-refractivity contribution in [2.24, 2.45) is 0 Å². The van der Waals surface area contributed by atoms with Crippen molar-refractivity contribution in [3.8, 4) is 0 Å². The lowest BCUT2D eigenvalue weighted by molar-refractivity contribution is 0.0501. The second-order valence-corrected chi connectivity index (χ2v) is 6.70. The Balaban J connectivity index is 2.06. The summed E-state index contributed by atoms with van der Waals surface area (Å²) in [7, 11) is 0. The van der Waals surface area contributed by atoms with Gasteiger partial charge < -0.3 is 10.5 Å². The summed E-state index contributed by atoms with van der Waals surface area (Å²) >= 11 is 6.22. The summed E-state index contributed by atoms with van der Waals surface area (Å²) in [5, 5.41) is -0.111. The topological polar surface area (TPSA) is 52.3 Å². The summed E-state index contributed by atoms with van der Waals surface area (Å²) in [6.07, 6.45) is 11.1. The van der Waals surface area contributed by atoms with Gasteiger partial charge in [-0.3, -0.25) is 0 Å². The molecule has 0 radical (unpaired) electrons. The molecule has 1 unspecified atom stereocenters. The highest BCUT2D eigenvalue weighted by atomic mass is 35.5. The van der Waals surface area contributed by atoms with Gasteiger partial charge in [0.25, 0.3) is 0 Å². The number of halogens is 1. The number of carbonyl (C=O) groups excluding carboxylic acids is 1. The lowest BCUT2D eigenvalue weighted by Gasteiger charge is -2.10. The smallest absolute Gasteiger partial charge is 0.338 e. The van der Waals surface area contributed by atoms with Crippen molar-refractivity contribution in [2.75, 3.05) is 12.3 Å². The van der Waals surface area contributed by atoms with Gasteiger partial charge in [-0.25, -0.2) is 4.79 Å². The van der Waals surface area contributed by atoms with Crippen LogP contribution in [-0.4, -0.2) is 18.0 Å². The SMILES string of the molecule is CCCCCCCCCCC(Cl)COC(=O)c1cccc(N)c1. The Morgan fingerprint density at radius 3 is 2.43 bits per heavy atom. The molecule has 1 aromatic rings. The number of anilines is 1. The van der Waals surface area contributed by atoms with E-state index in [0.717, 1.165) is 12.8 Å². The zero-order chi connectivity index (χ0) is 16.9. The highest BCUT2D eigenvalue weighted by molar-refractivity contribution is 6.20. The van der Waals surface area contributed by atoms with E-state index in [1.807, 2.05) is 0 Å². The molecule has 0 amide bonds. The van der Waals surface area contributed by atoms with E-state index in [1.54, 1.807) is 24.3 Å². The summed E-state index contributed by atoms with van der Waals surface area (Å²) in [6.45, 7) is 2.49. The highest BCUT2D eigenvalue weighted by Crippen LogP contribution is 2.14. The summed E-state index contributed by atoms with van der Waals surface area (Å²) in [5.74, 6) is -0.362. The van der Waals surface area contributed by atoms with Gasteiger partial charge in [-0.2, -0.15) is 0 Å². The molecule has 0 bridgehead atoms. The molecule has 0 aliphatic carbocycles. The number of hydrogen-bond donors (Lipinski definition) is 1. The molecule has 3 nitrogen and oxygen atoms in total. The Morgan fingerprint density at radius 2 is 1.78 bits per heavy atom. The van der Waals surface area contributed by atoms with E-state index in [9.17, 15) is 4.79 Å². The van der Waals surface area contributed by atoms with Crippen LogP contribution in [0.4, 0.5) is 5.69 Å². The minimum Gasteiger partial charge on any atom is -0.461 e. The van der Waals surface area contributed by atoms with Crippen LogP contribution in [0, 0.1) is 0 Å². The van der Waals surface area contributed by atoms with Crippen molar-refractivity contribution in [1.29, 1.82) is 0 Å². The third-order valence-corrected chi connectivity index (χ3v) is 4.23. The maximum Gasteiger partial charge on any atom is 0.338 e. The Labute approximate surface area is 145 Å². The Bertz CT molecular complexity index is 451. The van der Waals surface area contributed by atoms with Crippen molar-refractivity contribution in [3.05, 3.63) is 29.8 Å². The van der Waals surface area contributed by atoms with E-state index < -0.39 is 0 Å². The predicted octanol–water partition coefficient (Wildman–Crippen LogP) is 5.56. The van der Waals surface area contributed by atoms with E-state index >= 15 is 0 Å². The van der Waals surface area contributed by atoms with Crippen molar-refractivity contribution in [3.63, 3.8) is 0 Å². The van der Waals surface area contributed by atoms with Gasteiger partial charge in [-0.05, 0) is 24.6 Å². The molecular weight excluding hydrogens is 310 g/mol. The lowest BCUT2D eigenvalue weighted by atomic mass is 10.1. The Morgan fingerprint density at radius 1 is 1.13 bits per heavy atom. The van der Waals surface area contributed by atoms with Gasteiger partial charge in [-0.15, -0.1) is 11.6 Å². The van der Waals surface area contributed by atoms with Crippen LogP contribution in [0.2, 0.25) is 0 Å². The van der Waals surface area contributed by atoms with Crippen LogP contribution in [-0.2, 0) is 4.74 Å². The number of esters is 1. The first-order chi connectivity index (χ1) is 11.1. The standard InChI is InChI=1S/C19H30ClNO2/c1-2-3-4-5-6-7-8-9-12-17(20)15-23-19(22)16-11-10-13-18(21)14-16/h10-11,13-14,17H,2-9,12,15,21H2,1H3. The molecule has 0 fully saturated rings. The van der Waals surface area contributed by atoms with Gasteiger partial charge >= 0.3 is 5.97 Å². The van der Waals surface area contributed by atoms with Crippen LogP contribution < -0.4 is 5.73 Å². The molecule has 0 heterocycles. The van der Waals surface area contributed by atoms with Gasteiger partial charge in [0.15, 0.2) is 0 Å². The van der Waals surface area contributed by atoms with E-state index in [-0.39, 0.29) is 18.0 Å². The number of rotatable bonds is 12. The zero-order valence-electron chi connectivity index (χ0n) is 14.2. The predicted molar refractivity (Wildman–Crippen MR) is 98.0 cm³/mol. The average Bonchev–Trinajstić information content (AvgIpc) is 2.55. The first-order valence-corrected chi connectivity index (χ1v) is 9.24. The fourth-order valence-electron chi connectivity index (χ4n) is 2.50. The van der Waals surface area contributed by atoms with Crippen LogP contribution in [0.5, 0.6) is 0 Å². The van der Waals surface area contributed by atoms with Crippen molar-refractivity contribution in [2.45, 2.75) is 70.1 Å². The molecule has 1 rings (SSSR count). The normalized spacial score (nSPS) is 12.1. The molecule has 0 aliphatic heterocycles. The number of nitrogens with two attached hydrogens (primary N) is 1. The quantitative estimate of drug-likeness (QED) is 0.234. The summed E-state index contributed by atoms with van der Waals surface area (Å²) in [4.78, 5) is 11.9. The van der Waals surface area contributed by atoms with Gasteiger partial charge in [0.1, 0.15) is 6.61 Å². The first-order valence-electron chi connectivity index (χ1n) is 8.80. The van der Waals surface area contributed by atoms with Gasteiger partial charge in [0, 0.05) is 5.69 Å². The first kappa shape index (κ1) is 19.8. The Kier molecular flexibility index (Phi) is 10.5. The molecule has 0 aromatic heterocycles.